The fourth-order valence-corrected chi connectivity index (χ4v) is 4.34. The summed E-state index contributed by atoms with van der Waals surface area (Å²) in [5.41, 5.74) is 0.0563. The lowest BCUT2D eigenvalue weighted by Gasteiger charge is -2.40. The van der Waals surface area contributed by atoms with E-state index in [0.717, 1.165) is 0 Å². The zero-order chi connectivity index (χ0) is 15.7. The van der Waals surface area contributed by atoms with Crippen LogP contribution < -0.4 is 0 Å². The van der Waals surface area contributed by atoms with Crippen LogP contribution in [0.1, 0.15) is 38.9 Å². The van der Waals surface area contributed by atoms with Gasteiger partial charge in [0.05, 0.1) is 29.8 Å². The maximum Gasteiger partial charge on any atom is 0.243 e. The molecule has 1 atom stereocenters. The normalized spacial score (nSPS) is 21.1. The SMILES string of the molecule is CCC(O)c1cccc(S(=O)(=O)N2CCOCC2(C)C)c1. The van der Waals surface area contributed by atoms with Crippen molar-refractivity contribution in [3.63, 3.8) is 0 Å². The standard InChI is InChI=1S/C15H23NO4S/c1-4-14(17)12-6-5-7-13(10-12)21(18,19)16-8-9-20-11-15(16,2)3/h5-7,10,14,17H,4,8-9,11H2,1-3H3. The smallest absolute Gasteiger partial charge is 0.243 e. The zero-order valence-electron chi connectivity index (χ0n) is 12.7. The lowest BCUT2D eigenvalue weighted by molar-refractivity contribution is -0.00771. The van der Waals surface area contributed by atoms with Crippen LogP contribution in [0.2, 0.25) is 0 Å². The Balaban J connectivity index is 2.39. The minimum atomic E-state index is -3.59. The Bertz CT molecular complexity index is 597. The molecule has 5 nitrogen and oxygen atoms in total. The molecule has 0 aliphatic carbocycles. The van der Waals surface area contributed by atoms with Crippen LogP contribution in [0, 0.1) is 0 Å². The highest BCUT2D eigenvalue weighted by Crippen LogP contribution is 2.29. The summed E-state index contributed by atoms with van der Waals surface area (Å²) in [6.07, 6.45) is -0.0927. The fourth-order valence-electron chi connectivity index (χ4n) is 2.53. The molecule has 118 valence electrons. The van der Waals surface area contributed by atoms with Crippen LogP contribution in [0.25, 0.3) is 0 Å². The average Bonchev–Trinajstić information content (AvgIpc) is 2.45. The van der Waals surface area contributed by atoms with Crippen LogP contribution in [0.5, 0.6) is 0 Å². The highest BCUT2D eigenvalue weighted by atomic mass is 32.2. The Labute approximate surface area is 126 Å². The predicted molar refractivity (Wildman–Crippen MR) is 80.5 cm³/mol. The van der Waals surface area contributed by atoms with E-state index >= 15 is 0 Å². The molecule has 1 aliphatic heterocycles. The highest BCUT2D eigenvalue weighted by molar-refractivity contribution is 7.89. The molecule has 1 aromatic carbocycles. The summed E-state index contributed by atoms with van der Waals surface area (Å²) in [5.74, 6) is 0. The predicted octanol–water partition coefficient (Wildman–Crippen LogP) is 1.93. The number of benzene rings is 1. The average molecular weight is 313 g/mol. The van der Waals surface area contributed by atoms with E-state index in [1.165, 1.54) is 4.31 Å². The molecule has 0 bridgehead atoms. The van der Waals surface area contributed by atoms with E-state index in [0.29, 0.717) is 31.7 Å². The van der Waals surface area contributed by atoms with Gasteiger partial charge >= 0.3 is 0 Å². The molecular weight excluding hydrogens is 290 g/mol. The summed E-state index contributed by atoms with van der Waals surface area (Å²) in [6.45, 7) is 6.69. The highest BCUT2D eigenvalue weighted by Gasteiger charge is 2.39. The Kier molecular flexibility index (Phi) is 4.72. The van der Waals surface area contributed by atoms with Gasteiger partial charge in [0.25, 0.3) is 0 Å². The van der Waals surface area contributed by atoms with Gasteiger partial charge < -0.3 is 9.84 Å². The molecule has 0 aromatic heterocycles. The first-order valence-corrected chi connectivity index (χ1v) is 8.61. The number of rotatable bonds is 4. The van der Waals surface area contributed by atoms with Crippen LogP contribution in [-0.2, 0) is 14.8 Å². The van der Waals surface area contributed by atoms with Crippen LogP contribution in [0.4, 0.5) is 0 Å². The molecule has 0 saturated carbocycles. The molecule has 1 aromatic rings. The molecule has 0 radical (unpaired) electrons. The van der Waals surface area contributed by atoms with E-state index in [-0.39, 0.29) is 4.90 Å². The van der Waals surface area contributed by atoms with E-state index in [1.807, 2.05) is 20.8 Å². The van der Waals surface area contributed by atoms with Gasteiger partial charge in [-0.1, -0.05) is 19.1 Å². The van der Waals surface area contributed by atoms with E-state index in [2.05, 4.69) is 0 Å². The number of morpholine rings is 1. The molecular formula is C15H23NO4S. The summed E-state index contributed by atoms with van der Waals surface area (Å²) in [4.78, 5) is 0.225. The first kappa shape index (κ1) is 16.4. The van der Waals surface area contributed by atoms with Crippen molar-refractivity contribution in [1.82, 2.24) is 4.31 Å². The Morgan fingerprint density at radius 3 is 2.76 bits per heavy atom. The second-order valence-corrected chi connectivity index (χ2v) is 7.80. The molecule has 1 unspecified atom stereocenters. The second kappa shape index (κ2) is 6.04. The molecule has 21 heavy (non-hydrogen) atoms. The van der Waals surface area contributed by atoms with Crippen LogP contribution in [0.15, 0.2) is 29.2 Å². The van der Waals surface area contributed by atoms with Crippen molar-refractivity contribution in [2.75, 3.05) is 19.8 Å². The zero-order valence-corrected chi connectivity index (χ0v) is 13.6. The van der Waals surface area contributed by atoms with E-state index in [9.17, 15) is 13.5 Å². The summed E-state index contributed by atoms with van der Waals surface area (Å²) in [6, 6.07) is 6.56. The van der Waals surface area contributed by atoms with Gasteiger partial charge in [0, 0.05) is 6.54 Å². The third-order valence-electron chi connectivity index (χ3n) is 3.79. The number of nitrogens with zero attached hydrogens (tertiary/aromatic N) is 1. The van der Waals surface area contributed by atoms with Gasteiger partial charge in [-0.05, 0) is 38.0 Å². The number of aliphatic hydroxyl groups is 1. The number of ether oxygens (including phenoxy) is 1. The number of aliphatic hydroxyl groups excluding tert-OH is 1. The van der Waals surface area contributed by atoms with Gasteiger partial charge in [-0.2, -0.15) is 4.31 Å². The van der Waals surface area contributed by atoms with Crippen LogP contribution >= 0.6 is 0 Å². The number of sulfonamides is 1. The summed E-state index contributed by atoms with van der Waals surface area (Å²) >= 11 is 0. The Hall–Kier alpha value is -0.950. The Morgan fingerprint density at radius 1 is 1.43 bits per heavy atom. The van der Waals surface area contributed by atoms with E-state index in [1.54, 1.807) is 24.3 Å². The Morgan fingerprint density at radius 2 is 2.14 bits per heavy atom. The quantitative estimate of drug-likeness (QED) is 0.922. The monoisotopic (exact) mass is 313 g/mol. The van der Waals surface area contributed by atoms with Gasteiger partial charge in [0.1, 0.15) is 0 Å². The van der Waals surface area contributed by atoms with Gasteiger partial charge in [-0.3, -0.25) is 0 Å². The molecule has 1 heterocycles. The first-order chi connectivity index (χ1) is 9.79. The van der Waals surface area contributed by atoms with Crippen molar-refractivity contribution < 1.29 is 18.3 Å². The van der Waals surface area contributed by atoms with Crippen LogP contribution in [0.3, 0.4) is 0 Å². The second-order valence-electron chi connectivity index (χ2n) is 5.94. The van der Waals surface area contributed by atoms with E-state index < -0.39 is 21.7 Å². The third kappa shape index (κ3) is 3.29. The van der Waals surface area contributed by atoms with Crippen molar-refractivity contribution >= 4 is 10.0 Å². The fraction of sp³-hybridized carbons (Fsp3) is 0.600. The summed E-state index contributed by atoms with van der Waals surface area (Å²) in [5, 5.41) is 9.90. The van der Waals surface area contributed by atoms with Crippen molar-refractivity contribution in [3.05, 3.63) is 29.8 Å². The molecule has 1 N–H and O–H groups in total. The topological polar surface area (TPSA) is 66.8 Å². The molecule has 0 spiro atoms. The molecule has 6 heteroatoms. The van der Waals surface area contributed by atoms with Gasteiger partial charge in [0.15, 0.2) is 0 Å². The van der Waals surface area contributed by atoms with E-state index in [4.69, 9.17) is 4.74 Å². The minimum absolute atomic E-state index is 0.225. The van der Waals surface area contributed by atoms with Gasteiger partial charge in [-0.25, -0.2) is 8.42 Å². The molecule has 0 amide bonds. The maximum atomic E-state index is 12.9. The third-order valence-corrected chi connectivity index (χ3v) is 5.89. The molecule has 1 saturated heterocycles. The van der Waals surface area contributed by atoms with Crippen molar-refractivity contribution in [2.24, 2.45) is 0 Å². The maximum absolute atomic E-state index is 12.9. The van der Waals surface area contributed by atoms with Gasteiger partial charge in [-0.15, -0.1) is 0 Å². The number of hydrogen-bond donors (Lipinski definition) is 1. The lowest BCUT2D eigenvalue weighted by Crippen LogP contribution is -2.55. The van der Waals surface area contributed by atoms with Crippen molar-refractivity contribution in [1.29, 1.82) is 0 Å². The molecule has 1 aliphatic rings. The molecule has 1 fully saturated rings. The summed E-state index contributed by atoms with van der Waals surface area (Å²) in [7, 11) is -3.59. The number of hydrogen-bond acceptors (Lipinski definition) is 4. The van der Waals surface area contributed by atoms with Crippen molar-refractivity contribution in [3.8, 4) is 0 Å². The lowest BCUT2D eigenvalue weighted by atomic mass is 10.1. The van der Waals surface area contributed by atoms with Crippen molar-refractivity contribution in [2.45, 2.75) is 43.7 Å². The largest absolute Gasteiger partial charge is 0.388 e. The minimum Gasteiger partial charge on any atom is -0.388 e. The first-order valence-electron chi connectivity index (χ1n) is 7.17. The van der Waals surface area contributed by atoms with Gasteiger partial charge in [0.2, 0.25) is 10.0 Å². The summed E-state index contributed by atoms with van der Waals surface area (Å²) < 4.78 is 32.6. The molecule has 2 rings (SSSR count). The van der Waals surface area contributed by atoms with Crippen LogP contribution in [-0.4, -0.2) is 43.1 Å².